The molecule has 2 heterocycles. The first-order chi connectivity index (χ1) is 8.11. The van der Waals surface area contributed by atoms with Crippen molar-refractivity contribution in [1.82, 2.24) is 9.97 Å². The Kier molecular flexibility index (Phi) is 3.07. The van der Waals surface area contributed by atoms with Gasteiger partial charge in [-0.1, -0.05) is 0 Å². The van der Waals surface area contributed by atoms with Crippen LogP contribution >= 0.6 is 11.3 Å². The highest BCUT2D eigenvalue weighted by molar-refractivity contribution is 7.13. The van der Waals surface area contributed by atoms with Crippen molar-refractivity contribution in [3.8, 4) is 16.8 Å². The average molecular weight is 244 g/mol. The summed E-state index contributed by atoms with van der Waals surface area (Å²) < 4.78 is 0. The molecule has 17 heavy (non-hydrogen) atoms. The van der Waals surface area contributed by atoms with Crippen LogP contribution in [0, 0.1) is 18.3 Å². The third-order valence-corrected chi connectivity index (χ3v) is 3.36. The van der Waals surface area contributed by atoms with Gasteiger partial charge in [-0.25, -0.2) is 9.97 Å². The molecule has 0 aromatic carbocycles. The van der Waals surface area contributed by atoms with Gasteiger partial charge in [-0.3, -0.25) is 0 Å². The molecule has 0 radical (unpaired) electrons. The first-order valence-electron chi connectivity index (χ1n) is 5.13. The maximum atomic E-state index is 8.98. The molecule has 0 saturated heterocycles. The van der Waals surface area contributed by atoms with E-state index >= 15 is 0 Å². The molecular weight excluding hydrogens is 232 g/mol. The van der Waals surface area contributed by atoms with Crippen LogP contribution in [-0.2, 0) is 0 Å². The van der Waals surface area contributed by atoms with Crippen LogP contribution in [-0.4, -0.2) is 24.1 Å². The molecular formula is C12H12N4S. The lowest BCUT2D eigenvalue weighted by Gasteiger charge is -2.12. The summed E-state index contributed by atoms with van der Waals surface area (Å²) >= 11 is 1.59. The maximum Gasteiger partial charge on any atom is 0.173 e. The summed E-state index contributed by atoms with van der Waals surface area (Å²) in [5.41, 5.74) is 1.53. The number of rotatable bonds is 2. The highest BCUT2D eigenvalue weighted by Crippen LogP contribution is 2.27. The van der Waals surface area contributed by atoms with Gasteiger partial charge in [0.2, 0.25) is 0 Å². The number of nitrogens with zero attached hydrogens (tertiary/aromatic N) is 4. The van der Waals surface area contributed by atoms with Crippen LogP contribution in [0.2, 0.25) is 0 Å². The molecule has 0 unspecified atom stereocenters. The van der Waals surface area contributed by atoms with Crippen molar-refractivity contribution in [2.45, 2.75) is 6.92 Å². The molecule has 0 saturated carbocycles. The molecule has 0 aliphatic heterocycles. The summed E-state index contributed by atoms with van der Waals surface area (Å²) in [6, 6.07) is 5.78. The highest BCUT2D eigenvalue weighted by atomic mass is 32.1. The number of anilines is 1. The Labute approximate surface area is 104 Å². The number of thiophene rings is 1. The van der Waals surface area contributed by atoms with Gasteiger partial charge in [-0.2, -0.15) is 5.26 Å². The predicted molar refractivity (Wildman–Crippen MR) is 69.1 cm³/mol. The van der Waals surface area contributed by atoms with E-state index in [1.807, 2.05) is 37.4 Å². The molecule has 0 atom stereocenters. The van der Waals surface area contributed by atoms with E-state index < -0.39 is 0 Å². The van der Waals surface area contributed by atoms with Gasteiger partial charge in [0.15, 0.2) is 5.82 Å². The summed E-state index contributed by atoms with van der Waals surface area (Å²) in [6.07, 6.45) is 0. The van der Waals surface area contributed by atoms with Crippen molar-refractivity contribution < 1.29 is 0 Å². The molecule has 4 nitrogen and oxygen atoms in total. The number of aromatic nitrogens is 2. The van der Waals surface area contributed by atoms with Crippen LogP contribution < -0.4 is 4.90 Å². The fraction of sp³-hybridized carbons (Fsp3) is 0.250. The van der Waals surface area contributed by atoms with Gasteiger partial charge >= 0.3 is 0 Å². The Morgan fingerprint density at radius 2 is 2.12 bits per heavy atom. The lowest BCUT2D eigenvalue weighted by Crippen LogP contribution is -2.12. The number of nitriles is 1. The minimum absolute atomic E-state index is 0.395. The second-order valence-corrected chi connectivity index (χ2v) is 4.79. The van der Waals surface area contributed by atoms with E-state index in [1.165, 1.54) is 0 Å². The Morgan fingerprint density at radius 1 is 1.35 bits per heavy atom. The van der Waals surface area contributed by atoms with Crippen LogP contribution in [0.5, 0.6) is 0 Å². The van der Waals surface area contributed by atoms with Gasteiger partial charge in [0.25, 0.3) is 0 Å². The van der Waals surface area contributed by atoms with Crippen molar-refractivity contribution in [2.24, 2.45) is 0 Å². The Bertz CT molecular complexity index is 580. The standard InChI is InChI=1S/C12H12N4S/c1-8-4-5-17-11(8)12-14-9(7-13)6-10(15-12)16(2)3/h4-6H,1-3H3. The Balaban J connectivity index is 2.59. The lowest BCUT2D eigenvalue weighted by atomic mass is 10.2. The third kappa shape index (κ3) is 2.27. The molecule has 0 spiro atoms. The number of aryl methyl sites for hydroxylation is 1. The minimum Gasteiger partial charge on any atom is -0.363 e. The number of hydrogen-bond donors (Lipinski definition) is 0. The fourth-order valence-corrected chi connectivity index (χ4v) is 2.28. The topological polar surface area (TPSA) is 52.8 Å². The van der Waals surface area contributed by atoms with Crippen LogP contribution in [0.3, 0.4) is 0 Å². The van der Waals surface area contributed by atoms with Crippen molar-refractivity contribution in [3.63, 3.8) is 0 Å². The molecule has 0 aliphatic carbocycles. The molecule has 2 aromatic rings. The molecule has 86 valence electrons. The van der Waals surface area contributed by atoms with E-state index in [2.05, 4.69) is 16.0 Å². The summed E-state index contributed by atoms with van der Waals surface area (Å²) in [6.45, 7) is 2.02. The third-order valence-electron chi connectivity index (χ3n) is 2.35. The molecule has 5 heteroatoms. The Morgan fingerprint density at radius 3 is 2.65 bits per heavy atom. The highest BCUT2D eigenvalue weighted by Gasteiger charge is 2.11. The summed E-state index contributed by atoms with van der Waals surface area (Å²) in [5, 5.41) is 11.0. The second kappa shape index (κ2) is 4.52. The molecule has 0 aliphatic rings. The first-order valence-corrected chi connectivity index (χ1v) is 6.00. The lowest BCUT2D eigenvalue weighted by molar-refractivity contribution is 1.04. The van der Waals surface area contributed by atoms with E-state index in [0.717, 1.165) is 16.3 Å². The largest absolute Gasteiger partial charge is 0.363 e. The van der Waals surface area contributed by atoms with Crippen LogP contribution in [0.4, 0.5) is 5.82 Å². The maximum absolute atomic E-state index is 8.98. The zero-order valence-corrected chi connectivity index (χ0v) is 10.7. The van der Waals surface area contributed by atoms with Gasteiger partial charge in [0, 0.05) is 20.2 Å². The monoisotopic (exact) mass is 244 g/mol. The molecule has 0 N–H and O–H groups in total. The average Bonchev–Trinajstić information content (AvgIpc) is 2.74. The minimum atomic E-state index is 0.395. The van der Waals surface area contributed by atoms with Crippen molar-refractivity contribution in [1.29, 1.82) is 5.26 Å². The van der Waals surface area contributed by atoms with E-state index in [-0.39, 0.29) is 0 Å². The Hall–Kier alpha value is -1.93. The summed E-state index contributed by atoms with van der Waals surface area (Å²) in [5.74, 6) is 1.37. The van der Waals surface area contributed by atoms with E-state index in [0.29, 0.717) is 11.5 Å². The molecule has 0 fully saturated rings. The predicted octanol–water partition coefficient (Wildman–Crippen LogP) is 2.45. The van der Waals surface area contributed by atoms with Gasteiger partial charge in [-0.05, 0) is 23.9 Å². The van der Waals surface area contributed by atoms with Crippen molar-refractivity contribution in [3.05, 3.63) is 28.8 Å². The quantitative estimate of drug-likeness (QED) is 0.814. The van der Waals surface area contributed by atoms with Gasteiger partial charge in [0.1, 0.15) is 17.6 Å². The SMILES string of the molecule is Cc1ccsc1-c1nc(C#N)cc(N(C)C)n1. The summed E-state index contributed by atoms with van der Waals surface area (Å²) in [7, 11) is 3.79. The second-order valence-electron chi connectivity index (χ2n) is 3.87. The zero-order chi connectivity index (χ0) is 12.4. The number of hydrogen-bond acceptors (Lipinski definition) is 5. The van der Waals surface area contributed by atoms with E-state index in [1.54, 1.807) is 17.4 Å². The molecule has 0 amide bonds. The van der Waals surface area contributed by atoms with Gasteiger partial charge in [0.05, 0.1) is 4.88 Å². The van der Waals surface area contributed by atoms with Gasteiger partial charge in [-0.15, -0.1) is 11.3 Å². The fourth-order valence-electron chi connectivity index (χ4n) is 1.42. The van der Waals surface area contributed by atoms with Crippen LogP contribution in [0.1, 0.15) is 11.3 Å². The van der Waals surface area contributed by atoms with Crippen LogP contribution in [0.25, 0.3) is 10.7 Å². The van der Waals surface area contributed by atoms with Gasteiger partial charge < -0.3 is 4.90 Å². The molecule has 0 bridgehead atoms. The van der Waals surface area contributed by atoms with Crippen molar-refractivity contribution in [2.75, 3.05) is 19.0 Å². The first kappa shape index (κ1) is 11.6. The smallest absolute Gasteiger partial charge is 0.173 e. The van der Waals surface area contributed by atoms with E-state index in [4.69, 9.17) is 5.26 Å². The van der Waals surface area contributed by atoms with Crippen molar-refractivity contribution >= 4 is 17.2 Å². The zero-order valence-electron chi connectivity index (χ0n) is 9.93. The molecule has 2 rings (SSSR count). The van der Waals surface area contributed by atoms with Crippen LogP contribution in [0.15, 0.2) is 17.5 Å². The summed E-state index contributed by atoms with van der Waals surface area (Å²) in [4.78, 5) is 11.6. The van der Waals surface area contributed by atoms with E-state index in [9.17, 15) is 0 Å². The normalized spacial score (nSPS) is 10.0. The molecule has 2 aromatic heterocycles.